The number of amides is 3. The molecule has 1 heterocycles. The number of rotatable bonds is 9. The normalized spacial score (nSPS) is 12.4. The van der Waals surface area contributed by atoms with E-state index < -0.39 is 29.7 Å². The van der Waals surface area contributed by atoms with E-state index in [0.717, 1.165) is 16.3 Å². The van der Waals surface area contributed by atoms with Crippen LogP contribution in [0.4, 0.5) is 0 Å². The molecule has 0 saturated heterocycles. The van der Waals surface area contributed by atoms with Crippen molar-refractivity contribution >= 4 is 69.0 Å². The van der Waals surface area contributed by atoms with Crippen molar-refractivity contribution in [2.24, 2.45) is 0 Å². The lowest BCUT2D eigenvalue weighted by atomic mass is 9.99. The number of carbonyl (C=O) groups is 4. The monoisotopic (exact) mass is 583 g/mol. The molecule has 2 atom stereocenters. The SMILES string of the molecule is CC(NC(=O)c1cc(Cl)c(C(=O)NC(CNC(=O)c2cccs2)C(=O)O)c(Cl)c1)c1cccc2ccccc12. The van der Waals surface area contributed by atoms with Gasteiger partial charge in [0, 0.05) is 12.1 Å². The highest BCUT2D eigenvalue weighted by Gasteiger charge is 2.26. The van der Waals surface area contributed by atoms with Gasteiger partial charge in [-0.15, -0.1) is 11.3 Å². The zero-order valence-corrected chi connectivity index (χ0v) is 22.9. The third-order valence-corrected chi connectivity index (χ3v) is 7.45. The summed E-state index contributed by atoms with van der Waals surface area (Å²) in [6.07, 6.45) is 0. The number of nitrogens with one attached hydrogen (secondary N) is 3. The Morgan fingerprint density at radius 3 is 2.23 bits per heavy atom. The average Bonchev–Trinajstić information content (AvgIpc) is 3.45. The second-order valence-electron chi connectivity index (χ2n) is 8.63. The maximum Gasteiger partial charge on any atom is 0.328 e. The van der Waals surface area contributed by atoms with Crippen LogP contribution in [0.5, 0.6) is 0 Å². The Labute approximate surface area is 237 Å². The van der Waals surface area contributed by atoms with Crippen LogP contribution < -0.4 is 16.0 Å². The van der Waals surface area contributed by atoms with Gasteiger partial charge in [-0.3, -0.25) is 14.4 Å². The predicted octanol–water partition coefficient (Wildman–Crippen LogP) is 5.31. The van der Waals surface area contributed by atoms with Gasteiger partial charge >= 0.3 is 5.97 Å². The van der Waals surface area contributed by atoms with E-state index in [1.165, 1.54) is 23.5 Å². The van der Waals surface area contributed by atoms with Crippen molar-refractivity contribution in [3.05, 3.63) is 104 Å². The molecule has 1 aromatic heterocycles. The molecule has 3 aromatic carbocycles. The van der Waals surface area contributed by atoms with Crippen molar-refractivity contribution in [2.75, 3.05) is 6.54 Å². The Morgan fingerprint density at radius 2 is 1.56 bits per heavy atom. The van der Waals surface area contributed by atoms with Crippen molar-refractivity contribution in [3.63, 3.8) is 0 Å². The summed E-state index contributed by atoms with van der Waals surface area (Å²) in [7, 11) is 0. The summed E-state index contributed by atoms with van der Waals surface area (Å²) in [6.45, 7) is 1.49. The quantitative estimate of drug-likeness (QED) is 0.212. The molecule has 4 aromatic rings. The Morgan fingerprint density at radius 1 is 0.872 bits per heavy atom. The molecule has 39 heavy (non-hydrogen) atoms. The maximum absolute atomic E-state index is 13.0. The largest absolute Gasteiger partial charge is 0.480 e. The fourth-order valence-corrected chi connectivity index (χ4v) is 5.33. The highest BCUT2D eigenvalue weighted by atomic mass is 35.5. The van der Waals surface area contributed by atoms with Crippen LogP contribution in [-0.4, -0.2) is 41.4 Å². The topological polar surface area (TPSA) is 125 Å². The lowest BCUT2D eigenvalue weighted by Crippen LogP contribution is -2.48. The fourth-order valence-electron chi connectivity index (χ4n) is 4.03. The zero-order chi connectivity index (χ0) is 28.1. The standard InChI is InChI=1S/C28H23Cl2N3O5S/c1-15(18-9-4-7-16-6-2-3-8-19(16)18)32-25(34)17-12-20(29)24(21(30)13-17)27(36)33-22(28(37)38)14-31-26(35)23-10-5-11-39-23/h2-13,15,22H,14H2,1H3,(H,31,35)(H,32,34)(H,33,36)(H,37,38). The lowest BCUT2D eigenvalue weighted by molar-refractivity contribution is -0.139. The molecule has 0 fully saturated rings. The highest BCUT2D eigenvalue weighted by Crippen LogP contribution is 2.28. The third-order valence-electron chi connectivity index (χ3n) is 5.98. The molecule has 0 saturated carbocycles. The number of halogens is 2. The van der Waals surface area contributed by atoms with E-state index in [9.17, 15) is 24.3 Å². The second kappa shape index (κ2) is 12.3. The Kier molecular flexibility index (Phi) is 8.86. The van der Waals surface area contributed by atoms with Crippen molar-refractivity contribution in [1.82, 2.24) is 16.0 Å². The number of carboxylic acids is 1. The van der Waals surface area contributed by atoms with Crippen molar-refractivity contribution in [3.8, 4) is 0 Å². The molecule has 11 heteroatoms. The third kappa shape index (κ3) is 6.57. The molecule has 0 aliphatic rings. The molecule has 8 nitrogen and oxygen atoms in total. The van der Waals surface area contributed by atoms with Crippen LogP contribution in [0.3, 0.4) is 0 Å². The van der Waals surface area contributed by atoms with Crippen LogP contribution in [0, 0.1) is 0 Å². The maximum atomic E-state index is 13.0. The molecular formula is C28H23Cl2N3O5S. The highest BCUT2D eigenvalue weighted by molar-refractivity contribution is 7.12. The first-order valence-corrected chi connectivity index (χ1v) is 13.4. The van der Waals surface area contributed by atoms with Gasteiger partial charge in [0.25, 0.3) is 17.7 Å². The van der Waals surface area contributed by atoms with E-state index >= 15 is 0 Å². The lowest BCUT2D eigenvalue weighted by Gasteiger charge is -2.18. The summed E-state index contributed by atoms with van der Waals surface area (Å²) < 4.78 is 0. The molecule has 0 aliphatic carbocycles. The molecule has 3 amide bonds. The minimum atomic E-state index is -1.45. The summed E-state index contributed by atoms with van der Waals surface area (Å²) >= 11 is 13.8. The van der Waals surface area contributed by atoms with Gasteiger partial charge in [-0.05, 0) is 46.8 Å². The van der Waals surface area contributed by atoms with Gasteiger partial charge < -0.3 is 21.1 Å². The van der Waals surface area contributed by atoms with Crippen LogP contribution in [0.1, 0.15) is 48.9 Å². The summed E-state index contributed by atoms with van der Waals surface area (Å²) in [5.41, 5.74) is 0.875. The Balaban J connectivity index is 1.46. The molecule has 0 spiro atoms. The fraction of sp³-hybridized carbons (Fsp3) is 0.143. The second-order valence-corrected chi connectivity index (χ2v) is 10.4. The minimum Gasteiger partial charge on any atom is -0.480 e. The van der Waals surface area contributed by atoms with Gasteiger partial charge in [-0.25, -0.2) is 4.79 Å². The van der Waals surface area contributed by atoms with E-state index in [1.807, 2.05) is 49.4 Å². The first kappa shape index (κ1) is 28.1. The zero-order valence-electron chi connectivity index (χ0n) is 20.5. The number of hydrogen-bond acceptors (Lipinski definition) is 5. The van der Waals surface area contributed by atoms with Crippen LogP contribution in [0.2, 0.25) is 10.0 Å². The molecule has 0 aliphatic heterocycles. The van der Waals surface area contributed by atoms with E-state index in [1.54, 1.807) is 17.5 Å². The summed E-state index contributed by atoms with van der Waals surface area (Å²) in [5.74, 6) is -3.14. The van der Waals surface area contributed by atoms with Gasteiger partial charge in [0.05, 0.1) is 26.5 Å². The van der Waals surface area contributed by atoms with Crippen LogP contribution in [0.15, 0.2) is 72.1 Å². The number of fused-ring (bicyclic) bond motifs is 1. The van der Waals surface area contributed by atoms with Gasteiger partial charge in [0.15, 0.2) is 0 Å². The minimum absolute atomic E-state index is 0.130. The van der Waals surface area contributed by atoms with Crippen LogP contribution in [-0.2, 0) is 4.79 Å². The number of aliphatic carboxylic acids is 1. The molecule has 0 bridgehead atoms. The van der Waals surface area contributed by atoms with Crippen molar-refractivity contribution < 1.29 is 24.3 Å². The van der Waals surface area contributed by atoms with Crippen LogP contribution in [0.25, 0.3) is 10.8 Å². The van der Waals surface area contributed by atoms with E-state index in [-0.39, 0.29) is 33.8 Å². The molecule has 4 N–H and O–H groups in total. The molecular weight excluding hydrogens is 561 g/mol. The number of carbonyl (C=O) groups excluding carboxylic acids is 3. The summed E-state index contributed by atoms with van der Waals surface area (Å²) in [5, 5.41) is 20.7. The summed E-state index contributed by atoms with van der Waals surface area (Å²) in [4.78, 5) is 50.1. The number of carboxylic acid groups (broad SMARTS) is 1. The van der Waals surface area contributed by atoms with Gasteiger partial charge in [0.2, 0.25) is 0 Å². The number of thiophene rings is 1. The summed E-state index contributed by atoms with van der Waals surface area (Å²) in [6, 6.07) is 17.8. The average molecular weight is 584 g/mol. The predicted molar refractivity (Wildman–Crippen MR) is 152 cm³/mol. The number of hydrogen-bond donors (Lipinski definition) is 4. The van der Waals surface area contributed by atoms with E-state index in [4.69, 9.17) is 23.2 Å². The van der Waals surface area contributed by atoms with Gasteiger partial charge in [-0.1, -0.05) is 71.7 Å². The van der Waals surface area contributed by atoms with E-state index in [0.29, 0.717) is 4.88 Å². The molecule has 0 radical (unpaired) electrons. The molecule has 4 rings (SSSR count). The Bertz CT molecular complexity index is 1530. The Hall–Kier alpha value is -3.92. The van der Waals surface area contributed by atoms with Crippen molar-refractivity contribution in [2.45, 2.75) is 19.0 Å². The number of benzene rings is 3. The van der Waals surface area contributed by atoms with Gasteiger partial charge in [0.1, 0.15) is 6.04 Å². The smallest absolute Gasteiger partial charge is 0.328 e. The first-order valence-electron chi connectivity index (χ1n) is 11.8. The van der Waals surface area contributed by atoms with Crippen molar-refractivity contribution in [1.29, 1.82) is 0 Å². The molecule has 2 unspecified atom stereocenters. The van der Waals surface area contributed by atoms with E-state index in [2.05, 4.69) is 16.0 Å². The van der Waals surface area contributed by atoms with Crippen LogP contribution >= 0.6 is 34.5 Å². The first-order chi connectivity index (χ1) is 18.7. The van der Waals surface area contributed by atoms with Gasteiger partial charge in [-0.2, -0.15) is 0 Å². The molecule has 200 valence electrons.